The van der Waals surface area contributed by atoms with Gasteiger partial charge in [0.1, 0.15) is 6.04 Å². The van der Waals surface area contributed by atoms with Crippen molar-refractivity contribution >= 4 is 17.6 Å². The molecule has 2 heterocycles. The fourth-order valence-corrected chi connectivity index (χ4v) is 5.24. The van der Waals surface area contributed by atoms with Gasteiger partial charge in [-0.15, -0.1) is 5.10 Å². The molecule has 0 aliphatic carbocycles. The highest BCUT2D eigenvalue weighted by Crippen LogP contribution is 2.43. The fraction of sp³-hybridized carbons (Fsp3) is 0.290. The lowest BCUT2D eigenvalue weighted by Crippen LogP contribution is -2.78. The smallest absolute Gasteiger partial charge is 0.416 e. The number of anilines is 2. The number of esters is 1. The summed E-state index contributed by atoms with van der Waals surface area (Å²) >= 11 is 0. The number of aryl methyl sites for hydroxylation is 1. The topological polar surface area (TPSA) is 121 Å². The number of ether oxygens (including phenoxy) is 1. The lowest BCUT2D eigenvalue weighted by molar-refractivity contribution is -0.588. The summed E-state index contributed by atoms with van der Waals surface area (Å²) < 4.78 is 47.1. The van der Waals surface area contributed by atoms with Crippen LogP contribution in [0.4, 0.5) is 24.8 Å². The summed E-state index contributed by atoms with van der Waals surface area (Å²) in [5.41, 5.74) is 1.63. The zero-order valence-electron chi connectivity index (χ0n) is 24.2. The SMILES string of the molecule is CC=CC(C)=C[NH2+]CCCc1cc(C#N)ccc1C1C(C(=O)OC)=C(C)N(c2cccc(C(F)(F)F)c2)c2n[nH]c(=O)n21. The summed E-state index contributed by atoms with van der Waals surface area (Å²) in [7, 11) is 1.20. The zero-order valence-corrected chi connectivity index (χ0v) is 24.2. The number of carbonyl (C=O) groups is 1. The Morgan fingerprint density at radius 3 is 2.70 bits per heavy atom. The summed E-state index contributed by atoms with van der Waals surface area (Å²) in [5.74, 6) is -0.751. The van der Waals surface area contributed by atoms with Crippen LogP contribution >= 0.6 is 0 Å². The van der Waals surface area contributed by atoms with Gasteiger partial charge in [-0.3, -0.25) is 4.90 Å². The number of fused-ring (bicyclic) bond motifs is 1. The first kappa shape index (κ1) is 31.1. The van der Waals surface area contributed by atoms with Crippen molar-refractivity contribution in [1.82, 2.24) is 14.8 Å². The molecule has 1 unspecified atom stereocenters. The highest BCUT2D eigenvalue weighted by atomic mass is 19.4. The van der Waals surface area contributed by atoms with Crippen molar-refractivity contribution < 1.29 is 28.0 Å². The Kier molecular flexibility index (Phi) is 9.36. The van der Waals surface area contributed by atoms with E-state index in [4.69, 9.17) is 4.74 Å². The van der Waals surface area contributed by atoms with Crippen LogP contribution in [-0.2, 0) is 22.1 Å². The predicted octanol–water partition coefficient (Wildman–Crippen LogP) is 4.63. The second-order valence-electron chi connectivity index (χ2n) is 10.0. The van der Waals surface area contributed by atoms with Crippen LogP contribution in [0.3, 0.4) is 0 Å². The molecule has 0 saturated heterocycles. The van der Waals surface area contributed by atoms with Gasteiger partial charge in [0.15, 0.2) is 0 Å². The molecule has 43 heavy (non-hydrogen) atoms. The highest BCUT2D eigenvalue weighted by molar-refractivity contribution is 5.93. The van der Waals surface area contributed by atoms with Gasteiger partial charge in [-0.25, -0.2) is 19.3 Å². The predicted molar refractivity (Wildman–Crippen MR) is 154 cm³/mol. The second-order valence-corrected chi connectivity index (χ2v) is 10.0. The first-order chi connectivity index (χ1) is 20.5. The number of carbonyl (C=O) groups excluding carboxylic acids is 1. The summed E-state index contributed by atoms with van der Waals surface area (Å²) in [6, 6.07) is 10.7. The average Bonchev–Trinajstić information content (AvgIpc) is 3.36. The molecule has 0 amide bonds. The van der Waals surface area contributed by atoms with E-state index >= 15 is 0 Å². The zero-order chi connectivity index (χ0) is 31.3. The third-order valence-corrected chi connectivity index (χ3v) is 7.17. The number of benzene rings is 2. The molecule has 0 bridgehead atoms. The molecule has 12 heteroatoms. The number of alkyl halides is 3. The number of quaternary nitrogens is 1. The van der Waals surface area contributed by atoms with E-state index in [1.807, 2.05) is 32.2 Å². The number of nitrogens with zero attached hydrogens (tertiary/aromatic N) is 4. The number of aromatic nitrogens is 3. The maximum atomic E-state index is 13.6. The van der Waals surface area contributed by atoms with Crippen molar-refractivity contribution in [1.29, 1.82) is 5.26 Å². The maximum absolute atomic E-state index is 13.6. The van der Waals surface area contributed by atoms with E-state index in [0.717, 1.165) is 29.8 Å². The minimum absolute atomic E-state index is 0.00714. The molecule has 1 aliphatic heterocycles. The van der Waals surface area contributed by atoms with Crippen LogP contribution in [0, 0.1) is 11.3 Å². The number of aromatic amines is 1. The molecule has 3 N–H and O–H groups in total. The van der Waals surface area contributed by atoms with Gasteiger partial charge < -0.3 is 10.1 Å². The third kappa shape index (κ3) is 6.47. The number of rotatable bonds is 9. The molecular weight excluding hydrogens is 561 g/mol. The first-order valence-electron chi connectivity index (χ1n) is 13.6. The second kappa shape index (κ2) is 13.0. The van der Waals surface area contributed by atoms with Crippen LogP contribution in [-0.4, -0.2) is 34.4 Å². The molecule has 9 nitrogen and oxygen atoms in total. The summed E-state index contributed by atoms with van der Waals surface area (Å²) in [6.07, 6.45) is 2.61. The van der Waals surface area contributed by atoms with Gasteiger partial charge in [-0.1, -0.05) is 24.3 Å². The van der Waals surface area contributed by atoms with E-state index in [1.165, 1.54) is 28.7 Å². The molecule has 4 rings (SSSR count). The average molecular weight is 594 g/mol. The Balaban J connectivity index is 1.85. The van der Waals surface area contributed by atoms with Crippen LogP contribution in [0.5, 0.6) is 0 Å². The minimum atomic E-state index is -4.61. The van der Waals surface area contributed by atoms with Crippen molar-refractivity contribution in [2.24, 2.45) is 0 Å². The van der Waals surface area contributed by atoms with Crippen molar-refractivity contribution in [3.05, 3.63) is 110 Å². The lowest BCUT2D eigenvalue weighted by Gasteiger charge is -2.36. The van der Waals surface area contributed by atoms with E-state index in [-0.39, 0.29) is 22.9 Å². The number of nitrogens with one attached hydrogen (secondary N) is 1. The molecule has 224 valence electrons. The van der Waals surface area contributed by atoms with Crippen LogP contribution in [0.1, 0.15) is 55.5 Å². The Morgan fingerprint density at radius 1 is 1.26 bits per heavy atom. The van der Waals surface area contributed by atoms with Gasteiger partial charge in [0, 0.05) is 23.4 Å². The molecule has 0 radical (unpaired) electrons. The quantitative estimate of drug-likeness (QED) is 0.212. The van der Waals surface area contributed by atoms with Crippen LogP contribution in [0.25, 0.3) is 0 Å². The molecule has 0 spiro atoms. The molecule has 1 aliphatic rings. The van der Waals surface area contributed by atoms with Crippen molar-refractivity contribution in [3.63, 3.8) is 0 Å². The molecule has 0 fully saturated rings. The van der Waals surface area contributed by atoms with Gasteiger partial charge >= 0.3 is 17.8 Å². The van der Waals surface area contributed by atoms with Gasteiger partial charge in [-0.05, 0) is 68.7 Å². The number of nitriles is 1. The largest absolute Gasteiger partial charge is 0.466 e. The lowest BCUT2D eigenvalue weighted by atomic mass is 9.88. The van der Waals surface area contributed by atoms with Crippen LogP contribution in [0.15, 0.2) is 82.5 Å². The van der Waals surface area contributed by atoms with E-state index in [0.29, 0.717) is 24.0 Å². The van der Waals surface area contributed by atoms with Crippen molar-refractivity contribution in [2.75, 3.05) is 18.6 Å². The Morgan fingerprint density at radius 2 is 2.02 bits per heavy atom. The number of methoxy groups -OCH3 is 1. The molecule has 1 aromatic heterocycles. The minimum Gasteiger partial charge on any atom is -0.466 e. The highest BCUT2D eigenvalue weighted by Gasteiger charge is 2.41. The summed E-state index contributed by atoms with van der Waals surface area (Å²) in [5, 5.41) is 18.2. The van der Waals surface area contributed by atoms with Crippen molar-refractivity contribution in [2.45, 2.75) is 45.8 Å². The molecule has 3 aromatic rings. The number of nitrogens with two attached hydrogens (primary N) is 1. The van der Waals surface area contributed by atoms with Gasteiger partial charge in [0.2, 0.25) is 5.95 Å². The normalized spacial score (nSPS) is 15.5. The van der Waals surface area contributed by atoms with Crippen LogP contribution in [0.2, 0.25) is 0 Å². The molecule has 2 aromatic carbocycles. The Labute approximate surface area is 246 Å². The van der Waals surface area contributed by atoms with Gasteiger partial charge in [0.05, 0.1) is 42.6 Å². The summed E-state index contributed by atoms with van der Waals surface area (Å²) in [4.78, 5) is 27.9. The van der Waals surface area contributed by atoms with E-state index < -0.39 is 29.4 Å². The van der Waals surface area contributed by atoms with Crippen LogP contribution < -0.4 is 15.9 Å². The number of H-pyrrole nitrogens is 1. The standard InChI is InChI=1S/C31H31F3N6O3/c1-5-8-19(2)18-36-14-7-9-22-15-21(17-35)12-13-25(22)27-26(28(41)43-4)20(3)39(29-37-38-30(42)40(27)29)24-11-6-10-23(16-24)31(32,33)34/h5-6,8,10-13,15-16,18,27,36H,7,9,14H2,1-4H3,(H,38,42)/p+1. The first-order valence-corrected chi connectivity index (χ1v) is 13.6. The monoisotopic (exact) mass is 593 g/mol. The van der Waals surface area contributed by atoms with Gasteiger partial charge in [0.25, 0.3) is 0 Å². The van der Waals surface area contributed by atoms with E-state index in [9.17, 15) is 28.0 Å². The molecule has 1 atom stereocenters. The number of hydrogen-bond donors (Lipinski definition) is 2. The number of halogens is 3. The van der Waals surface area contributed by atoms with Crippen molar-refractivity contribution in [3.8, 4) is 6.07 Å². The number of allylic oxidation sites excluding steroid dienone is 4. The fourth-order valence-electron chi connectivity index (χ4n) is 5.24. The number of hydrogen-bond acceptors (Lipinski definition) is 6. The third-order valence-electron chi connectivity index (χ3n) is 7.17. The van der Waals surface area contributed by atoms with E-state index in [1.54, 1.807) is 25.1 Å². The molecule has 0 saturated carbocycles. The van der Waals surface area contributed by atoms with Gasteiger partial charge in [-0.2, -0.15) is 18.4 Å². The molecular formula is C31H32F3N6O3+. The Hall–Kier alpha value is -4.89. The Bertz CT molecular complexity index is 1710. The maximum Gasteiger partial charge on any atom is 0.416 e. The van der Waals surface area contributed by atoms with E-state index in [2.05, 4.69) is 21.6 Å². The summed E-state index contributed by atoms with van der Waals surface area (Å²) in [6.45, 7) is 6.26.